The quantitative estimate of drug-likeness (QED) is 0.693. The minimum absolute atomic E-state index is 0.200. The summed E-state index contributed by atoms with van der Waals surface area (Å²) < 4.78 is 11.1. The maximum atomic E-state index is 5.75. The van der Waals surface area contributed by atoms with Crippen molar-refractivity contribution in [1.29, 1.82) is 0 Å². The van der Waals surface area contributed by atoms with Crippen molar-refractivity contribution in [2.45, 2.75) is 46.6 Å². The van der Waals surface area contributed by atoms with Gasteiger partial charge in [-0.05, 0) is 67.6 Å². The van der Waals surface area contributed by atoms with Gasteiger partial charge in [0.15, 0.2) is 0 Å². The molecule has 1 unspecified atom stereocenters. The molecule has 0 spiro atoms. The highest BCUT2D eigenvalue weighted by atomic mass is 16.5. The Balaban J connectivity index is 2.35. The molecule has 0 heterocycles. The van der Waals surface area contributed by atoms with Gasteiger partial charge in [-0.1, -0.05) is 32.0 Å². The molecule has 2 heteroatoms. The van der Waals surface area contributed by atoms with E-state index in [2.05, 4.69) is 57.2 Å². The van der Waals surface area contributed by atoms with Gasteiger partial charge in [0.25, 0.3) is 0 Å². The lowest BCUT2D eigenvalue weighted by atomic mass is 9.81. The standard InChI is InChI=1S/C21H28O2/c1-14(2)21(20-12-11-19(22-6)13-16(20)5)17-7-9-18(10-8-17)23-15(3)4/h7-15,21H,1-6H3. The van der Waals surface area contributed by atoms with Crippen LogP contribution in [0.15, 0.2) is 42.5 Å². The largest absolute Gasteiger partial charge is 0.497 e. The van der Waals surface area contributed by atoms with Crippen LogP contribution in [0.25, 0.3) is 0 Å². The maximum absolute atomic E-state index is 5.75. The second-order valence-electron chi connectivity index (χ2n) is 6.68. The average molecular weight is 312 g/mol. The smallest absolute Gasteiger partial charge is 0.119 e. The van der Waals surface area contributed by atoms with Crippen LogP contribution in [0.3, 0.4) is 0 Å². The zero-order chi connectivity index (χ0) is 17.0. The summed E-state index contributed by atoms with van der Waals surface area (Å²) in [4.78, 5) is 0. The average Bonchev–Trinajstić information content (AvgIpc) is 2.50. The fourth-order valence-corrected chi connectivity index (χ4v) is 3.07. The molecular formula is C21H28O2. The van der Waals surface area contributed by atoms with Crippen LogP contribution in [0.5, 0.6) is 11.5 Å². The van der Waals surface area contributed by atoms with Crippen molar-refractivity contribution in [3.8, 4) is 11.5 Å². The van der Waals surface area contributed by atoms with Gasteiger partial charge in [-0.15, -0.1) is 0 Å². The van der Waals surface area contributed by atoms with E-state index in [0.29, 0.717) is 11.8 Å². The van der Waals surface area contributed by atoms with E-state index in [1.165, 1.54) is 16.7 Å². The first-order valence-corrected chi connectivity index (χ1v) is 8.33. The Labute approximate surface area is 140 Å². The second-order valence-corrected chi connectivity index (χ2v) is 6.68. The predicted octanol–water partition coefficient (Wildman–Crippen LogP) is 5.58. The Bertz CT molecular complexity index is 627. The van der Waals surface area contributed by atoms with Crippen LogP contribution in [0.2, 0.25) is 0 Å². The van der Waals surface area contributed by atoms with E-state index in [9.17, 15) is 0 Å². The number of benzene rings is 2. The molecule has 0 aliphatic rings. The Kier molecular flexibility index (Phi) is 5.70. The highest BCUT2D eigenvalue weighted by Gasteiger charge is 2.20. The number of rotatable bonds is 6. The summed E-state index contributed by atoms with van der Waals surface area (Å²) in [6.07, 6.45) is 0.200. The van der Waals surface area contributed by atoms with Gasteiger partial charge in [0.2, 0.25) is 0 Å². The number of aryl methyl sites for hydroxylation is 1. The third-order valence-electron chi connectivity index (χ3n) is 4.09. The molecule has 0 aliphatic carbocycles. The van der Waals surface area contributed by atoms with Gasteiger partial charge in [0, 0.05) is 5.92 Å². The van der Waals surface area contributed by atoms with Crippen LogP contribution >= 0.6 is 0 Å². The zero-order valence-electron chi connectivity index (χ0n) is 15.1. The van der Waals surface area contributed by atoms with Crippen LogP contribution in [0, 0.1) is 12.8 Å². The molecule has 0 saturated carbocycles. The highest BCUT2D eigenvalue weighted by Crippen LogP contribution is 2.35. The van der Waals surface area contributed by atoms with Gasteiger partial charge in [0.05, 0.1) is 13.2 Å². The Morgan fingerprint density at radius 3 is 1.91 bits per heavy atom. The van der Waals surface area contributed by atoms with E-state index in [1.807, 2.05) is 19.9 Å². The van der Waals surface area contributed by atoms with Crippen LogP contribution in [-0.4, -0.2) is 13.2 Å². The summed E-state index contributed by atoms with van der Waals surface area (Å²) in [6.45, 7) is 10.8. The molecule has 2 rings (SSSR count). The summed E-state index contributed by atoms with van der Waals surface area (Å²) in [5.41, 5.74) is 3.95. The van der Waals surface area contributed by atoms with Gasteiger partial charge in [0.1, 0.15) is 11.5 Å². The van der Waals surface area contributed by atoms with Gasteiger partial charge >= 0.3 is 0 Å². The first-order chi connectivity index (χ1) is 10.9. The highest BCUT2D eigenvalue weighted by molar-refractivity contribution is 5.43. The number of hydrogen-bond acceptors (Lipinski definition) is 2. The molecule has 0 amide bonds. The van der Waals surface area contributed by atoms with Crippen molar-refractivity contribution < 1.29 is 9.47 Å². The van der Waals surface area contributed by atoms with E-state index >= 15 is 0 Å². The Morgan fingerprint density at radius 2 is 1.43 bits per heavy atom. The van der Waals surface area contributed by atoms with Gasteiger partial charge in [-0.3, -0.25) is 0 Å². The molecule has 0 N–H and O–H groups in total. The summed E-state index contributed by atoms with van der Waals surface area (Å²) >= 11 is 0. The molecule has 0 aromatic heterocycles. The SMILES string of the molecule is COc1ccc(C(c2ccc(OC(C)C)cc2)C(C)C)c(C)c1. The Hall–Kier alpha value is -1.96. The van der Waals surface area contributed by atoms with Crippen LogP contribution in [-0.2, 0) is 0 Å². The van der Waals surface area contributed by atoms with Crippen LogP contribution in [0.4, 0.5) is 0 Å². The molecule has 0 saturated heterocycles. The maximum Gasteiger partial charge on any atom is 0.119 e. The van der Waals surface area contributed by atoms with Crippen molar-refractivity contribution >= 4 is 0 Å². The zero-order valence-corrected chi connectivity index (χ0v) is 15.1. The molecule has 0 fully saturated rings. The number of methoxy groups -OCH3 is 1. The topological polar surface area (TPSA) is 18.5 Å². The normalized spacial score (nSPS) is 12.5. The summed E-state index contributed by atoms with van der Waals surface area (Å²) in [5, 5.41) is 0. The third kappa shape index (κ3) is 4.28. The van der Waals surface area contributed by atoms with Gasteiger partial charge in [-0.25, -0.2) is 0 Å². The molecule has 0 radical (unpaired) electrons. The lowest BCUT2D eigenvalue weighted by molar-refractivity contribution is 0.242. The molecule has 2 nitrogen and oxygen atoms in total. The minimum Gasteiger partial charge on any atom is -0.497 e. The molecule has 0 aliphatic heterocycles. The lowest BCUT2D eigenvalue weighted by Crippen LogP contribution is -2.11. The summed E-state index contributed by atoms with van der Waals surface area (Å²) in [5.74, 6) is 2.72. The molecule has 23 heavy (non-hydrogen) atoms. The second kappa shape index (κ2) is 7.54. The molecule has 2 aromatic carbocycles. The van der Waals surface area contributed by atoms with E-state index < -0.39 is 0 Å². The number of ether oxygens (including phenoxy) is 2. The lowest BCUT2D eigenvalue weighted by Gasteiger charge is -2.24. The van der Waals surface area contributed by atoms with E-state index in [1.54, 1.807) is 7.11 Å². The van der Waals surface area contributed by atoms with Gasteiger partial charge < -0.3 is 9.47 Å². The molecular weight excluding hydrogens is 284 g/mol. The first-order valence-electron chi connectivity index (χ1n) is 8.33. The van der Waals surface area contributed by atoms with Crippen LogP contribution < -0.4 is 9.47 Å². The molecule has 2 aromatic rings. The molecule has 1 atom stereocenters. The summed E-state index contributed by atoms with van der Waals surface area (Å²) in [7, 11) is 1.71. The van der Waals surface area contributed by atoms with E-state index in [-0.39, 0.29) is 6.10 Å². The van der Waals surface area contributed by atoms with Crippen molar-refractivity contribution in [2.75, 3.05) is 7.11 Å². The number of hydrogen-bond donors (Lipinski definition) is 0. The van der Waals surface area contributed by atoms with E-state index in [4.69, 9.17) is 9.47 Å². The molecule has 0 bridgehead atoms. The van der Waals surface area contributed by atoms with Crippen LogP contribution in [0.1, 0.15) is 50.3 Å². The first kappa shape index (κ1) is 17.4. The third-order valence-corrected chi connectivity index (χ3v) is 4.09. The monoisotopic (exact) mass is 312 g/mol. The van der Waals surface area contributed by atoms with Crippen molar-refractivity contribution in [3.63, 3.8) is 0 Å². The predicted molar refractivity (Wildman–Crippen MR) is 96.6 cm³/mol. The van der Waals surface area contributed by atoms with Crippen molar-refractivity contribution in [1.82, 2.24) is 0 Å². The van der Waals surface area contributed by atoms with Gasteiger partial charge in [-0.2, -0.15) is 0 Å². The Morgan fingerprint density at radius 1 is 0.826 bits per heavy atom. The molecule has 124 valence electrons. The van der Waals surface area contributed by atoms with E-state index in [0.717, 1.165) is 11.5 Å². The van der Waals surface area contributed by atoms with Crippen molar-refractivity contribution in [3.05, 3.63) is 59.2 Å². The minimum atomic E-state index is 0.200. The van der Waals surface area contributed by atoms with Crippen molar-refractivity contribution in [2.24, 2.45) is 5.92 Å². The fraction of sp³-hybridized carbons (Fsp3) is 0.429. The fourth-order valence-electron chi connectivity index (χ4n) is 3.07. The summed E-state index contributed by atoms with van der Waals surface area (Å²) in [6, 6.07) is 14.9.